The van der Waals surface area contributed by atoms with Crippen LogP contribution in [0.4, 0.5) is 11.5 Å². The number of hydrogen-bond donors (Lipinski definition) is 4. The van der Waals surface area contributed by atoms with Crippen LogP contribution in [0.5, 0.6) is 0 Å². The van der Waals surface area contributed by atoms with Gasteiger partial charge < -0.3 is 25.4 Å². The van der Waals surface area contributed by atoms with E-state index in [1.807, 2.05) is 24.3 Å². The Labute approximate surface area is 202 Å². The van der Waals surface area contributed by atoms with Gasteiger partial charge in [0.25, 0.3) is 5.56 Å². The molecule has 0 amide bonds. The molecule has 1 saturated heterocycles. The van der Waals surface area contributed by atoms with Crippen molar-refractivity contribution in [3.05, 3.63) is 77.2 Å². The lowest BCUT2D eigenvalue weighted by Gasteiger charge is -2.33. The second kappa shape index (κ2) is 10.3. The van der Waals surface area contributed by atoms with Crippen LogP contribution in [-0.2, 0) is 0 Å². The normalized spacial score (nSPS) is 15.8. The molecule has 1 atom stereocenters. The van der Waals surface area contributed by atoms with Gasteiger partial charge in [0.05, 0.1) is 23.8 Å². The number of β-amino-alcohol motifs (C(OH)–C–C–N with tert-alkyl or cyclic N) is 1. The van der Waals surface area contributed by atoms with Gasteiger partial charge in [-0.05, 0) is 67.1 Å². The fourth-order valence-corrected chi connectivity index (χ4v) is 4.66. The highest BCUT2D eigenvalue weighted by Crippen LogP contribution is 2.31. The molecule has 0 radical (unpaired) electrons. The Morgan fingerprint density at radius 2 is 1.86 bits per heavy atom. The number of piperidine rings is 1. The topological polar surface area (TPSA) is 127 Å². The zero-order valence-corrected chi connectivity index (χ0v) is 19.3. The van der Waals surface area contributed by atoms with Crippen LogP contribution in [0.25, 0.3) is 22.0 Å². The molecular formula is C26H28N6O3. The molecule has 0 aliphatic carbocycles. The van der Waals surface area contributed by atoms with Crippen LogP contribution < -0.4 is 10.9 Å². The largest absolute Gasteiger partial charge is 0.394 e. The van der Waals surface area contributed by atoms with Crippen molar-refractivity contribution in [1.29, 1.82) is 0 Å². The summed E-state index contributed by atoms with van der Waals surface area (Å²) >= 11 is 0. The minimum absolute atomic E-state index is 0.202. The number of benzene rings is 1. The SMILES string of the molecule is O=c1[nH]ccc2cc(-c3cncnc3)nc(Nc3ccc(C4CCN(CC(O)CO)CC4)cc3)c12. The number of fused-ring (bicyclic) bond motifs is 1. The van der Waals surface area contributed by atoms with Crippen molar-refractivity contribution < 1.29 is 10.2 Å². The van der Waals surface area contributed by atoms with Gasteiger partial charge in [-0.3, -0.25) is 4.79 Å². The molecule has 9 nitrogen and oxygen atoms in total. The number of rotatable bonds is 7. The molecular weight excluding hydrogens is 444 g/mol. The van der Waals surface area contributed by atoms with Gasteiger partial charge in [0.2, 0.25) is 0 Å². The Morgan fingerprint density at radius 1 is 1.11 bits per heavy atom. The lowest BCUT2D eigenvalue weighted by Crippen LogP contribution is -2.39. The first-order chi connectivity index (χ1) is 17.1. The second-order valence-corrected chi connectivity index (χ2v) is 8.91. The minimum atomic E-state index is -0.679. The van der Waals surface area contributed by atoms with Crippen molar-refractivity contribution in [2.45, 2.75) is 24.9 Å². The number of aromatic amines is 1. The fraction of sp³-hybridized carbons (Fsp3) is 0.308. The van der Waals surface area contributed by atoms with Crippen molar-refractivity contribution in [3.8, 4) is 11.3 Å². The Bertz CT molecular complexity index is 1340. The number of aromatic nitrogens is 4. The van der Waals surface area contributed by atoms with Crippen LogP contribution in [0.1, 0.15) is 24.3 Å². The van der Waals surface area contributed by atoms with Gasteiger partial charge in [0.1, 0.15) is 12.1 Å². The quantitative estimate of drug-likeness (QED) is 0.323. The molecule has 4 N–H and O–H groups in total. The van der Waals surface area contributed by atoms with Gasteiger partial charge in [-0.15, -0.1) is 0 Å². The number of H-pyrrole nitrogens is 1. The third-order valence-corrected chi connectivity index (χ3v) is 6.52. The standard InChI is InChI=1S/C26H28N6O3/c33-15-22(34)14-32-9-6-18(7-10-32)17-1-3-21(4-2-17)30-25-24-19(5-8-29-26(24)35)11-23(31-25)20-12-27-16-28-13-20/h1-5,8,11-13,16,18,22,33-34H,6-7,9-10,14-15H2,(H,29,35)(H,30,31). The summed E-state index contributed by atoms with van der Waals surface area (Å²) in [5.74, 6) is 0.932. The predicted octanol–water partition coefficient (Wildman–Crippen LogP) is 2.66. The Hall–Kier alpha value is -3.66. The Kier molecular flexibility index (Phi) is 6.80. The number of pyridine rings is 2. The molecule has 5 rings (SSSR count). The number of nitrogens with one attached hydrogen (secondary N) is 2. The van der Waals surface area contributed by atoms with Crippen molar-refractivity contribution in [2.24, 2.45) is 0 Å². The second-order valence-electron chi connectivity index (χ2n) is 8.91. The third-order valence-electron chi connectivity index (χ3n) is 6.52. The first kappa shape index (κ1) is 23.1. The van der Waals surface area contributed by atoms with E-state index >= 15 is 0 Å². The molecule has 4 aromatic rings. The smallest absolute Gasteiger partial charge is 0.259 e. The first-order valence-electron chi connectivity index (χ1n) is 11.8. The molecule has 4 heterocycles. The van der Waals surface area contributed by atoms with Gasteiger partial charge in [-0.2, -0.15) is 0 Å². The molecule has 35 heavy (non-hydrogen) atoms. The Morgan fingerprint density at radius 3 is 2.57 bits per heavy atom. The maximum atomic E-state index is 12.6. The molecule has 180 valence electrons. The van der Waals surface area contributed by atoms with E-state index < -0.39 is 6.10 Å². The highest BCUT2D eigenvalue weighted by atomic mass is 16.3. The van der Waals surface area contributed by atoms with E-state index in [0.29, 0.717) is 29.4 Å². The van der Waals surface area contributed by atoms with Crippen molar-refractivity contribution in [3.63, 3.8) is 0 Å². The minimum Gasteiger partial charge on any atom is -0.394 e. The molecule has 1 aromatic carbocycles. The lowest BCUT2D eigenvalue weighted by atomic mass is 9.89. The molecule has 0 bridgehead atoms. The number of aliphatic hydroxyl groups is 2. The molecule has 0 saturated carbocycles. The summed E-state index contributed by atoms with van der Waals surface area (Å²) in [5.41, 5.74) is 3.36. The average molecular weight is 473 g/mol. The van der Waals surface area contributed by atoms with E-state index in [-0.39, 0.29) is 12.2 Å². The Balaban J connectivity index is 1.36. The van der Waals surface area contributed by atoms with Crippen LogP contribution >= 0.6 is 0 Å². The maximum Gasteiger partial charge on any atom is 0.259 e. The van der Waals surface area contributed by atoms with Crippen LogP contribution in [0.15, 0.2) is 66.1 Å². The number of nitrogens with zero attached hydrogens (tertiary/aromatic N) is 4. The zero-order chi connectivity index (χ0) is 24.2. The van der Waals surface area contributed by atoms with Crippen LogP contribution in [-0.4, -0.2) is 67.4 Å². The molecule has 1 unspecified atom stereocenters. The van der Waals surface area contributed by atoms with Gasteiger partial charge in [-0.25, -0.2) is 15.0 Å². The van der Waals surface area contributed by atoms with Crippen molar-refractivity contribution >= 4 is 22.3 Å². The summed E-state index contributed by atoms with van der Waals surface area (Å²) in [5, 5.41) is 23.3. The summed E-state index contributed by atoms with van der Waals surface area (Å²) in [6, 6.07) is 12.0. The van der Waals surface area contributed by atoms with E-state index in [0.717, 1.165) is 42.6 Å². The fourth-order valence-electron chi connectivity index (χ4n) is 4.66. The molecule has 1 aliphatic rings. The molecule has 0 spiro atoms. The van der Waals surface area contributed by atoms with Gasteiger partial charge >= 0.3 is 0 Å². The van der Waals surface area contributed by atoms with Crippen molar-refractivity contribution in [1.82, 2.24) is 24.8 Å². The monoisotopic (exact) mass is 472 g/mol. The predicted molar refractivity (Wildman–Crippen MR) is 135 cm³/mol. The van der Waals surface area contributed by atoms with E-state index in [9.17, 15) is 9.90 Å². The summed E-state index contributed by atoms with van der Waals surface area (Å²) in [4.78, 5) is 30.4. The molecule has 1 aliphatic heterocycles. The van der Waals surface area contributed by atoms with Gasteiger partial charge in [0, 0.05) is 36.4 Å². The van der Waals surface area contributed by atoms with Crippen LogP contribution in [0.3, 0.4) is 0 Å². The zero-order valence-electron chi connectivity index (χ0n) is 19.3. The summed E-state index contributed by atoms with van der Waals surface area (Å²) in [6.07, 6.45) is 7.83. The number of aliphatic hydroxyl groups excluding tert-OH is 2. The van der Waals surface area contributed by atoms with E-state index in [1.165, 1.54) is 11.9 Å². The first-order valence-corrected chi connectivity index (χ1v) is 11.8. The highest BCUT2D eigenvalue weighted by Gasteiger charge is 2.22. The van der Waals surface area contributed by atoms with Crippen LogP contribution in [0, 0.1) is 0 Å². The average Bonchev–Trinajstić information content (AvgIpc) is 2.90. The molecule has 1 fully saturated rings. The highest BCUT2D eigenvalue weighted by molar-refractivity contribution is 5.95. The number of hydrogen-bond acceptors (Lipinski definition) is 8. The summed E-state index contributed by atoms with van der Waals surface area (Å²) in [7, 11) is 0. The van der Waals surface area contributed by atoms with Gasteiger partial charge in [0.15, 0.2) is 0 Å². The number of likely N-dealkylation sites (tertiary alicyclic amines) is 1. The number of anilines is 2. The summed E-state index contributed by atoms with van der Waals surface area (Å²) in [6.45, 7) is 2.11. The van der Waals surface area contributed by atoms with Gasteiger partial charge in [-0.1, -0.05) is 12.1 Å². The van der Waals surface area contributed by atoms with E-state index in [1.54, 1.807) is 18.6 Å². The molecule has 9 heteroatoms. The van der Waals surface area contributed by atoms with E-state index in [4.69, 9.17) is 10.1 Å². The lowest BCUT2D eigenvalue weighted by molar-refractivity contribution is 0.0513. The molecule has 3 aromatic heterocycles. The van der Waals surface area contributed by atoms with Crippen LogP contribution in [0.2, 0.25) is 0 Å². The third kappa shape index (κ3) is 5.22. The summed E-state index contributed by atoms with van der Waals surface area (Å²) < 4.78 is 0. The van der Waals surface area contributed by atoms with E-state index in [2.05, 4.69) is 37.3 Å². The van der Waals surface area contributed by atoms with Crippen molar-refractivity contribution in [2.75, 3.05) is 31.6 Å². The maximum absolute atomic E-state index is 12.6.